The lowest BCUT2D eigenvalue weighted by Crippen LogP contribution is -2.44. The summed E-state index contributed by atoms with van der Waals surface area (Å²) in [6.07, 6.45) is 1.67. The second-order valence-electron chi connectivity index (χ2n) is 10.6. The van der Waals surface area contributed by atoms with Crippen LogP contribution in [0.25, 0.3) is 6.08 Å². The van der Waals surface area contributed by atoms with Crippen LogP contribution in [0.2, 0.25) is 0 Å². The zero-order valence-corrected chi connectivity index (χ0v) is 26.8. The van der Waals surface area contributed by atoms with E-state index in [9.17, 15) is 19.7 Å². The summed E-state index contributed by atoms with van der Waals surface area (Å²) in [5, 5.41) is 11.7. The number of rotatable bonds is 9. The molecule has 0 unspecified atom stereocenters. The molecule has 2 aromatic carbocycles. The van der Waals surface area contributed by atoms with E-state index in [0.29, 0.717) is 43.4 Å². The number of allylic oxidation sites excluding steroid dienone is 1. The molecule has 0 amide bonds. The summed E-state index contributed by atoms with van der Waals surface area (Å²) in [6, 6.07) is 7.14. The van der Waals surface area contributed by atoms with Gasteiger partial charge in [0.15, 0.2) is 16.3 Å². The van der Waals surface area contributed by atoms with E-state index < -0.39 is 22.5 Å². The van der Waals surface area contributed by atoms with Crippen molar-refractivity contribution in [3.05, 3.63) is 82.5 Å². The topological polar surface area (TPSA) is 138 Å². The Bertz CT molecular complexity index is 1830. The number of likely N-dealkylation sites (N-methyl/N-ethyl adjacent to an activating group) is 1. The number of aromatic nitrogens is 1. The Labute approximate surface area is 263 Å². The Hall–Kier alpha value is -4.69. The molecule has 0 bridgehead atoms. The number of hydrogen-bond acceptors (Lipinski definition) is 12. The third-order valence-corrected chi connectivity index (χ3v) is 8.86. The van der Waals surface area contributed by atoms with E-state index in [2.05, 4.69) is 14.8 Å². The van der Waals surface area contributed by atoms with E-state index in [1.54, 1.807) is 38.1 Å². The van der Waals surface area contributed by atoms with Gasteiger partial charge in [0.2, 0.25) is 5.75 Å². The van der Waals surface area contributed by atoms with Crippen molar-refractivity contribution in [1.29, 1.82) is 0 Å². The molecule has 13 nitrogen and oxygen atoms in total. The number of non-ortho nitro benzene ring substituents is 1. The third kappa shape index (κ3) is 6.02. The number of thiazole rings is 1. The van der Waals surface area contributed by atoms with Crippen molar-refractivity contribution in [2.24, 2.45) is 4.99 Å². The van der Waals surface area contributed by atoms with Crippen molar-refractivity contribution in [3.8, 4) is 17.2 Å². The summed E-state index contributed by atoms with van der Waals surface area (Å²) < 4.78 is 23.8. The highest BCUT2D eigenvalue weighted by Crippen LogP contribution is 2.42. The van der Waals surface area contributed by atoms with Gasteiger partial charge in [0, 0.05) is 49.6 Å². The smallest absolute Gasteiger partial charge is 0.338 e. The van der Waals surface area contributed by atoms with E-state index in [4.69, 9.17) is 18.9 Å². The fraction of sp³-hybridized carbons (Fsp3) is 0.387. The van der Waals surface area contributed by atoms with Gasteiger partial charge in [0.1, 0.15) is 0 Å². The molecule has 2 aliphatic heterocycles. The van der Waals surface area contributed by atoms with Crippen molar-refractivity contribution >= 4 is 34.8 Å². The number of nitrogens with zero attached hydrogens (tertiary/aromatic N) is 5. The average Bonchev–Trinajstić information content (AvgIpc) is 3.33. The van der Waals surface area contributed by atoms with Gasteiger partial charge >= 0.3 is 5.97 Å². The first-order valence-corrected chi connectivity index (χ1v) is 15.1. The highest BCUT2D eigenvalue weighted by atomic mass is 32.1. The summed E-state index contributed by atoms with van der Waals surface area (Å²) in [7, 11) is 6.50. The molecule has 3 aromatic rings. The van der Waals surface area contributed by atoms with Crippen LogP contribution < -0.4 is 34.0 Å². The molecule has 1 saturated heterocycles. The summed E-state index contributed by atoms with van der Waals surface area (Å²) in [4.78, 5) is 48.3. The minimum atomic E-state index is -0.932. The van der Waals surface area contributed by atoms with E-state index in [-0.39, 0.29) is 17.9 Å². The molecule has 0 radical (unpaired) electrons. The van der Waals surface area contributed by atoms with Crippen molar-refractivity contribution in [3.63, 3.8) is 0 Å². The van der Waals surface area contributed by atoms with Crippen molar-refractivity contribution in [2.45, 2.75) is 19.9 Å². The fourth-order valence-electron chi connectivity index (χ4n) is 5.61. The molecule has 1 atom stereocenters. The van der Waals surface area contributed by atoms with Gasteiger partial charge in [0.05, 0.1) is 54.7 Å². The van der Waals surface area contributed by atoms with Crippen LogP contribution in [-0.4, -0.2) is 81.5 Å². The van der Waals surface area contributed by atoms with Gasteiger partial charge in [-0.1, -0.05) is 11.3 Å². The molecular weight excluding hydrogens is 602 g/mol. The molecule has 1 fully saturated rings. The van der Waals surface area contributed by atoms with Gasteiger partial charge in [-0.15, -0.1) is 0 Å². The molecule has 5 rings (SSSR count). The number of piperazine rings is 1. The lowest BCUT2D eigenvalue weighted by molar-refractivity contribution is -0.384. The molecule has 0 aliphatic carbocycles. The average molecular weight is 638 g/mol. The normalized spacial score (nSPS) is 17.1. The zero-order chi connectivity index (χ0) is 32.4. The Morgan fingerprint density at radius 3 is 2.33 bits per heavy atom. The lowest BCUT2D eigenvalue weighted by atomic mass is 9.95. The highest BCUT2D eigenvalue weighted by molar-refractivity contribution is 7.07. The summed E-state index contributed by atoms with van der Waals surface area (Å²) in [5.41, 5.74) is 1.95. The van der Waals surface area contributed by atoms with Crippen LogP contribution in [0.5, 0.6) is 17.2 Å². The van der Waals surface area contributed by atoms with Crippen LogP contribution in [0.3, 0.4) is 0 Å². The second kappa shape index (κ2) is 13.1. The fourth-order valence-corrected chi connectivity index (χ4v) is 6.65. The maximum absolute atomic E-state index is 14.3. The summed E-state index contributed by atoms with van der Waals surface area (Å²) in [5.74, 6) is 0.444. The maximum Gasteiger partial charge on any atom is 0.338 e. The number of anilines is 1. The Kier molecular flexibility index (Phi) is 9.25. The van der Waals surface area contributed by atoms with Crippen LogP contribution in [0, 0.1) is 10.1 Å². The van der Waals surface area contributed by atoms with E-state index >= 15 is 0 Å². The minimum absolute atomic E-state index is 0.0809. The molecule has 14 heteroatoms. The Morgan fingerprint density at radius 2 is 1.76 bits per heavy atom. The predicted molar refractivity (Wildman–Crippen MR) is 169 cm³/mol. The van der Waals surface area contributed by atoms with Crippen LogP contribution >= 0.6 is 11.3 Å². The summed E-state index contributed by atoms with van der Waals surface area (Å²) >= 11 is 1.14. The number of carbonyl (C=O) groups excluding carboxylic acids is 1. The standard InChI is InChI=1S/C31H35N5O8S/c1-7-44-30(38)26-18(2)32-31-35(27(26)20-15-23(41-4)28(43-6)24(16-20)42-5)29(37)25(45-31)17-19-14-21(36(39)40)8-9-22(19)34-12-10-33(3)11-13-34/h8-9,14-17,27H,7,10-13H2,1-6H3/t27-/m1/s1. The minimum Gasteiger partial charge on any atom is -0.493 e. The van der Waals surface area contributed by atoms with Crippen LogP contribution in [0.4, 0.5) is 11.4 Å². The molecule has 3 heterocycles. The number of esters is 1. The summed E-state index contributed by atoms with van der Waals surface area (Å²) in [6.45, 7) is 6.67. The van der Waals surface area contributed by atoms with Gasteiger partial charge in [-0.2, -0.15) is 0 Å². The monoisotopic (exact) mass is 637 g/mol. The molecule has 1 aromatic heterocycles. The SMILES string of the molecule is CCOC(=O)C1=C(C)N=c2sc(=Cc3cc([N+](=O)[O-])ccc3N3CCN(C)CC3)c(=O)n2[C@@H]1c1cc(OC)c(OC)c(OC)c1. The number of carbonyl (C=O) groups is 1. The molecular formula is C31H35N5O8S. The van der Waals surface area contributed by atoms with Crippen molar-refractivity contribution in [1.82, 2.24) is 9.47 Å². The second-order valence-corrected chi connectivity index (χ2v) is 11.6. The number of hydrogen-bond donors (Lipinski definition) is 0. The van der Waals surface area contributed by atoms with Crippen LogP contribution in [0.15, 0.2) is 51.4 Å². The number of ether oxygens (including phenoxy) is 4. The number of nitro benzene ring substituents is 1. The number of methoxy groups -OCH3 is 3. The number of nitro groups is 1. The van der Waals surface area contributed by atoms with E-state index in [1.807, 2.05) is 7.05 Å². The molecule has 45 heavy (non-hydrogen) atoms. The molecule has 2 aliphatic rings. The first kappa shape index (κ1) is 31.7. The number of fused-ring (bicyclic) bond motifs is 1. The van der Waals surface area contributed by atoms with E-state index in [0.717, 1.165) is 43.2 Å². The first-order chi connectivity index (χ1) is 21.6. The van der Waals surface area contributed by atoms with Gasteiger partial charge in [0.25, 0.3) is 11.2 Å². The predicted octanol–water partition coefficient (Wildman–Crippen LogP) is 2.48. The zero-order valence-electron chi connectivity index (χ0n) is 26.0. The third-order valence-electron chi connectivity index (χ3n) is 7.87. The van der Waals surface area contributed by atoms with Crippen LogP contribution in [-0.2, 0) is 9.53 Å². The highest BCUT2D eigenvalue weighted by Gasteiger charge is 2.35. The number of benzene rings is 2. The molecule has 0 N–H and O–H groups in total. The lowest BCUT2D eigenvalue weighted by Gasteiger charge is -2.34. The van der Waals surface area contributed by atoms with Gasteiger partial charge in [-0.3, -0.25) is 19.5 Å². The Balaban J connectivity index is 1.75. The van der Waals surface area contributed by atoms with Gasteiger partial charge < -0.3 is 28.7 Å². The van der Waals surface area contributed by atoms with Gasteiger partial charge in [-0.25, -0.2) is 9.79 Å². The molecule has 0 spiro atoms. The first-order valence-electron chi connectivity index (χ1n) is 14.3. The van der Waals surface area contributed by atoms with Gasteiger partial charge in [-0.05, 0) is 50.7 Å². The maximum atomic E-state index is 14.3. The molecule has 238 valence electrons. The van der Waals surface area contributed by atoms with Crippen molar-refractivity contribution < 1.29 is 28.7 Å². The van der Waals surface area contributed by atoms with E-state index in [1.165, 1.54) is 38.0 Å². The molecule has 0 saturated carbocycles. The largest absolute Gasteiger partial charge is 0.493 e. The Morgan fingerprint density at radius 1 is 1.09 bits per heavy atom. The van der Waals surface area contributed by atoms with Crippen LogP contribution in [0.1, 0.15) is 31.0 Å². The quantitative estimate of drug-likeness (QED) is 0.195. The van der Waals surface area contributed by atoms with Crippen molar-refractivity contribution in [2.75, 3.05) is 66.1 Å².